The van der Waals surface area contributed by atoms with Crippen molar-refractivity contribution in [2.75, 3.05) is 0 Å². The van der Waals surface area contributed by atoms with Crippen molar-refractivity contribution in [3.63, 3.8) is 0 Å². The number of hydrogen-bond donors (Lipinski definition) is 0. The SMILES string of the molecule is c1ccc2c(c1)c1ccccc1n2-c1nc(-c2ccc(-c3ccc(-c4ccncc4)cc3)cc2)nc(-n2c3ccccc3c3ccccc32)n1. The van der Waals surface area contributed by atoms with Crippen LogP contribution in [0.1, 0.15) is 0 Å². The molecule has 4 heterocycles. The van der Waals surface area contributed by atoms with Gasteiger partial charge < -0.3 is 0 Å². The van der Waals surface area contributed by atoms with Crippen LogP contribution in [0.5, 0.6) is 0 Å². The van der Waals surface area contributed by atoms with Crippen LogP contribution in [-0.4, -0.2) is 29.1 Å². The van der Waals surface area contributed by atoms with Crippen LogP contribution in [0.4, 0.5) is 0 Å². The summed E-state index contributed by atoms with van der Waals surface area (Å²) in [6.45, 7) is 0. The van der Waals surface area contributed by atoms with E-state index in [9.17, 15) is 0 Å². The Balaban J connectivity index is 1.16. The highest BCUT2D eigenvalue weighted by molar-refractivity contribution is 6.10. The Bertz CT molecular complexity index is 2610. The topological polar surface area (TPSA) is 61.4 Å². The lowest BCUT2D eigenvalue weighted by Crippen LogP contribution is -2.10. The Morgan fingerprint density at radius 1 is 0.300 bits per heavy atom. The molecule has 0 aliphatic carbocycles. The molecule has 0 saturated carbocycles. The van der Waals surface area contributed by atoms with E-state index in [0.717, 1.165) is 71.4 Å². The molecule has 6 heteroatoms. The highest BCUT2D eigenvalue weighted by Crippen LogP contribution is 2.34. The second-order valence-corrected chi connectivity index (χ2v) is 12.4. The van der Waals surface area contributed by atoms with Crippen molar-refractivity contribution in [3.8, 4) is 45.5 Å². The number of fused-ring (bicyclic) bond motifs is 6. The summed E-state index contributed by atoms with van der Waals surface area (Å²) >= 11 is 0. The maximum atomic E-state index is 5.24. The number of benzene rings is 6. The molecule has 50 heavy (non-hydrogen) atoms. The van der Waals surface area contributed by atoms with E-state index in [1.807, 2.05) is 24.5 Å². The number of rotatable bonds is 5. The summed E-state index contributed by atoms with van der Waals surface area (Å²) in [6, 6.07) is 54.9. The summed E-state index contributed by atoms with van der Waals surface area (Å²) in [4.78, 5) is 19.8. The van der Waals surface area contributed by atoms with E-state index in [0.29, 0.717) is 17.7 Å². The molecule has 0 radical (unpaired) electrons. The van der Waals surface area contributed by atoms with Crippen LogP contribution in [0.25, 0.3) is 89.2 Å². The van der Waals surface area contributed by atoms with Crippen LogP contribution >= 0.6 is 0 Å². The molecule has 0 bridgehead atoms. The van der Waals surface area contributed by atoms with Gasteiger partial charge in [-0.2, -0.15) is 15.0 Å². The fourth-order valence-corrected chi connectivity index (χ4v) is 7.17. The maximum absolute atomic E-state index is 5.24. The Hall–Kier alpha value is -6.92. The average molecular weight is 641 g/mol. The van der Waals surface area contributed by atoms with Crippen LogP contribution in [-0.2, 0) is 0 Å². The molecule has 0 aliphatic rings. The fraction of sp³-hybridized carbons (Fsp3) is 0. The van der Waals surface area contributed by atoms with E-state index >= 15 is 0 Å². The molecule has 0 spiro atoms. The molecule has 0 aliphatic heterocycles. The molecule has 0 N–H and O–H groups in total. The largest absolute Gasteiger partial charge is 0.278 e. The standard InChI is InChI=1S/C44H28N6/c1-5-13-38-34(9-1)35-10-2-6-14-39(35)49(38)43-46-42(47-44(48-43)50-40-15-7-3-11-36(40)37-12-4-8-16-41(37)50)33-23-21-30(22-24-33)29-17-19-31(20-18-29)32-25-27-45-28-26-32/h1-28H. The van der Waals surface area contributed by atoms with Crippen LogP contribution in [0.3, 0.4) is 0 Å². The smallest absolute Gasteiger partial charge is 0.240 e. The number of hydrogen-bond acceptors (Lipinski definition) is 4. The minimum atomic E-state index is 0.569. The van der Waals surface area contributed by atoms with Crippen molar-refractivity contribution >= 4 is 43.6 Å². The van der Waals surface area contributed by atoms with Gasteiger partial charge in [0.2, 0.25) is 11.9 Å². The second kappa shape index (κ2) is 11.4. The molecule has 4 aromatic heterocycles. The summed E-state index contributed by atoms with van der Waals surface area (Å²) in [5.74, 6) is 1.74. The first kappa shape index (κ1) is 28.1. The first-order chi connectivity index (χ1) is 24.8. The van der Waals surface area contributed by atoms with Gasteiger partial charge in [0.05, 0.1) is 22.1 Å². The van der Waals surface area contributed by atoms with Gasteiger partial charge in [0.25, 0.3) is 0 Å². The lowest BCUT2D eigenvalue weighted by atomic mass is 10.00. The van der Waals surface area contributed by atoms with Crippen LogP contribution in [0.15, 0.2) is 170 Å². The van der Waals surface area contributed by atoms with Gasteiger partial charge in [0, 0.05) is 39.5 Å². The Morgan fingerprint density at radius 2 is 0.620 bits per heavy atom. The number of pyridine rings is 1. The van der Waals surface area contributed by atoms with E-state index < -0.39 is 0 Å². The third kappa shape index (κ3) is 4.50. The van der Waals surface area contributed by atoms with Crippen molar-refractivity contribution < 1.29 is 0 Å². The van der Waals surface area contributed by atoms with Gasteiger partial charge in [-0.1, -0.05) is 121 Å². The molecule has 10 aromatic rings. The number of aromatic nitrogens is 6. The Kier molecular flexibility index (Phi) is 6.39. The van der Waals surface area contributed by atoms with Crippen molar-refractivity contribution in [1.29, 1.82) is 0 Å². The first-order valence-electron chi connectivity index (χ1n) is 16.6. The lowest BCUT2D eigenvalue weighted by molar-refractivity contribution is 0.893. The molecule has 6 aromatic carbocycles. The van der Waals surface area contributed by atoms with Gasteiger partial charge in [-0.3, -0.25) is 14.1 Å². The normalized spacial score (nSPS) is 11.6. The summed E-state index contributed by atoms with van der Waals surface area (Å²) in [7, 11) is 0. The van der Waals surface area contributed by atoms with E-state index in [2.05, 4.69) is 160 Å². The molecular formula is C44H28N6. The molecule has 0 atom stereocenters. The van der Waals surface area contributed by atoms with Gasteiger partial charge in [-0.05, 0) is 58.7 Å². The van der Waals surface area contributed by atoms with E-state index in [1.165, 1.54) is 0 Å². The van der Waals surface area contributed by atoms with E-state index in [1.54, 1.807) is 0 Å². The van der Waals surface area contributed by atoms with Gasteiger partial charge in [-0.25, -0.2) is 0 Å². The molecule has 0 fully saturated rings. The summed E-state index contributed by atoms with van der Waals surface area (Å²) < 4.78 is 4.32. The third-order valence-corrected chi connectivity index (χ3v) is 9.55. The quantitative estimate of drug-likeness (QED) is 0.188. The van der Waals surface area contributed by atoms with Gasteiger partial charge in [-0.15, -0.1) is 0 Å². The maximum Gasteiger partial charge on any atom is 0.240 e. The Labute approximate surface area is 287 Å². The van der Waals surface area contributed by atoms with Gasteiger partial charge in [0.1, 0.15) is 0 Å². The van der Waals surface area contributed by atoms with Crippen molar-refractivity contribution in [1.82, 2.24) is 29.1 Å². The predicted octanol–water partition coefficient (Wildman–Crippen LogP) is 10.5. The highest BCUT2D eigenvalue weighted by atomic mass is 15.3. The van der Waals surface area contributed by atoms with E-state index in [4.69, 9.17) is 15.0 Å². The highest BCUT2D eigenvalue weighted by Gasteiger charge is 2.20. The zero-order chi connectivity index (χ0) is 33.0. The number of nitrogens with zero attached hydrogens (tertiary/aromatic N) is 6. The van der Waals surface area contributed by atoms with Gasteiger partial charge in [0.15, 0.2) is 5.82 Å². The van der Waals surface area contributed by atoms with Gasteiger partial charge >= 0.3 is 0 Å². The second-order valence-electron chi connectivity index (χ2n) is 12.4. The van der Waals surface area contributed by atoms with Crippen LogP contribution < -0.4 is 0 Å². The van der Waals surface area contributed by atoms with Crippen molar-refractivity contribution in [2.45, 2.75) is 0 Å². The molecule has 0 unspecified atom stereocenters. The zero-order valence-corrected chi connectivity index (χ0v) is 26.8. The van der Waals surface area contributed by atoms with Crippen LogP contribution in [0, 0.1) is 0 Å². The molecule has 0 saturated heterocycles. The summed E-state index contributed by atoms with van der Waals surface area (Å²) in [6.07, 6.45) is 3.64. The predicted molar refractivity (Wildman–Crippen MR) is 203 cm³/mol. The zero-order valence-electron chi connectivity index (χ0n) is 26.8. The molecule has 234 valence electrons. The van der Waals surface area contributed by atoms with E-state index in [-0.39, 0.29) is 0 Å². The monoisotopic (exact) mass is 640 g/mol. The molecular weight excluding hydrogens is 613 g/mol. The molecule has 0 amide bonds. The number of para-hydroxylation sites is 4. The first-order valence-corrected chi connectivity index (χ1v) is 16.6. The summed E-state index contributed by atoms with van der Waals surface area (Å²) in [5.41, 5.74) is 9.66. The Morgan fingerprint density at radius 3 is 1.00 bits per heavy atom. The van der Waals surface area contributed by atoms with Crippen molar-refractivity contribution in [2.24, 2.45) is 0 Å². The third-order valence-electron chi connectivity index (χ3n) is 9.55. The average Bonchev–Trinajstić information content (AvgIpc) is 3.71. The fourth-order valence-electron chi connectivity index (χ4n) is 7.17. The minimum Gasteiger partial charge on any atom is -0.278 e. The van der Waals surface area contributed by atoms with Crippen LogP contribution in [0.2, 0.25) is 0 Å². The minimum absolute atomic E-state index is 0.569. The van der Waals surface area contributed by atoms with Crippen molar-refractivity contribution in [3.05, 3.63) is 170 Å². The summed E-state index contributed by atoms with van der Waals surface area (Å²) in [5, 5.41) is 4.62. The molecule has 10 rings (SSSR count). The lowest BCUT2D eigenvalue weighted by Gasteiger charge is -2.13. The molecule has 6 nitrogen and oxygen atoms in total.